The van der Waals surface area contributed by atoms with Gasteiger partial charge in [0.05, 0.1) is 16.8 Å². The van der Waals surface area contributed by atoms with E-state index in [2.05, 4.69) is 231 Å². The summed E-state index contributed by atoms with van der Waals surface area (Å²) in [5.41, 5.74) is 22.5. The second kappa shape index (κ2) is 15.1. The van der Waals surface area contributed by atoms with E-state index in [0.29, 0.717) is 5.82 Å². The maximum Gasteiger partial charge on any atom is 0.160 e. The number of hydrogen-bond donors (Lipinski definition) is 0. The van der Waals surface area contributed by atoms with Crippen LogP contribution in [0.2, 0.25) is 0 Å². The van der Waals surface area contributed by atoms with Crippen LogP contribution in [0.1, 0.15) is 22.3 Å². The van der Waals surface area contributed by atoms with Gasteiger partial charge in [-0.2, -0.15) is 0 Å². The molecular formula is C65H40N2O. The number of furan rings is 1. The van der Waals surface area contributed by atoms with Crippen LogP contribution in [0.5, 0.6) is 0 Å². The third kappa shape index (κ3) is 5.72. The molecule has 0 bridgehead atoms. The number of nitrogens with zero attached hydrogens (tertiary/aromatic N) is 2. The molecule has 0 saturated heterocycles. The third-order valence-corrected chi connectivity index (χ3v) is 14.3. The second-order valence-electron chi connectivity index (χ2n) is 18.0. The molecule has 0 amide bonds. The van der Waals surface area contributed by atoms with Crippen LogP contribution in [0.4, 0.5) is 0 Å². The van der Waals surface area contributed by atoms with Gasteiger partial charge in [-0.25, -0.2) is 9.97 Å². The molecule has 0 atom stereocenters. The van der Waals surface area contributed by atoms with E-state index in [-0.39, 0.29) is 0 Å². The number of benzene rings is 10. The fraction of sp³-hybridized carbons (Fsp3) is 0.0154. The van der Waals surface area contributed by atoms with Crippen molar-refractivity contribution >= 4 is 21.9 Å². The third-order valence-electron chi connectivity index (χ3n) is 14.3. The lowest BCUT2D eigenvalue weighted by atomic mass is 9.65. The lowest BCUT2D eigenvalue weighted by Gasteiger charge is -2.35. The molecule has 3 heteroatoms. The van der Waals surface area contributed by atoms with Crippen LogP contribution >= 0.6 is 0 Å². The van der Waals surface area contributed by atoms with Gasteiger partial charge in [0.1, 0.15) is 11.2 Å². The smallest absolute Gasteiger partial charge is 0.160 e. The molecule has 1 spiro atoms. The Morgan fingerprint density at radius 1 is 0.279 bits per heavy atom. The fourth-order valence-corrected chi connectivity index (χ4v) is 11.4. The van der Waals surface area contributed by atoms with E-state index in [1.165, 1.54) is 55.6 Å². The number of fused-ring (bicyclic) bond motifs is 15. The van der Waals surface area contributed by atoms with Gasteiger partial charge < -0.3 is 4.42 Å². The monoisotopic (exact) mass is 864 g/mol. The summed E-state index contributed by atoms with van der Waals surface area (Å²) in [7, 11) is 0. The molecule has 68 heavy (non-hydrogen) atoms. The maximum absolute atomic E-state index is 6.70. The summed E-state index contributed by atoms with van der Waals surface area (Å²) in [6.45, 7) is 0. The molecule has 2 aliphatic rings. The van der Waals surface area contributed by atoms with Crippen molar-refractivity contribution in [3.05, 3.63) is 265 Å². The van der Waals surface area contributed by atoms with Crippen LogP contribution in [-0.4, -0.2) is 9.97 Å². The van der Waals surface area contributed by atoms with Crippen LogP contribution in [0.25, 0.3) is 111 Å². The van der Waals surface area contributed by atoms with Crippen molar-refractivity contribution in [1.82, 2.24) is 9.97 Å². The molecule has 316 valence electrons. The first-order valence-corrected chi connectivity index (χ1v) is 23.3. The summed E-state index contributed by atoms with van der Waals surface area (Å²) < 4.78 is 6.70. The largest absolute Gasteiger partial charge is 0.455 e. The molecule has 2 aliphatic carbocycles. The Bertz CT molecular complexity index is 3850. The standard InChI is InChI=1S/C65H40N2O/c1-3-18-41(19-4-1)44-36-45(42-20-5-2-6-21-42)38-46(37-44)64-66-60(40-61(67-64)55-29-17-28-54-53-27-12-16-33-62(53)68-63(54)55)43-34-35-52-51-26-11-15-32-58(51)65(59(52)39-43)56-30-13-9-24-49(56)47-22-7-8-23-48(47)50-25-10-14-31-57(50)65/h1-40H. The van der Waals surface area contributed by atoms with Gasteiger partial charge in [0.25, 0.3) is 0 Å². The predicted octanol–water partition coefficient (Wildman–Crippen LogP) is 16.7. The first-order valence-electron chi connectivity index (χ1n) is 23.3. The molecule has 2 heterocycles. The van der Waals surface area contributed by atoms with Gasteiger partial charge in [-0.1, -0.05) is 200 Å². The summed E-state index contributed by atoms with van der Waals surface area (Å²) >= 11 is 0. The zero-order valence-corrected chi connectivity index (χ0v) is 36.9. The Morgan fingerprint density at radius 2 is 0.750 bits per heavy atom. The highest BCUT2D eigenvalue weighted by atomic mass is 16.3. The summed E-state index contributed by atoms with van der Waals surface area (Å²) in [5.74, 6) is 0.639. The topological polar surface area (TPSA) is 38.9 Å². The molecule has 0 aliphatic heterocycles. The van der Waals surface area contributed by atoms with Gasteiger partial charge in [0.15, 0.2) is 5.82 Å². The molecule has 3 nitrogen and oxygen atoms in total. The Labute approximate surface area is 394 Å². The summed E-state index contributed by atoms with van der Waals surface area (Å²) in [4.78, 5) is 11.1. The first kappa shape index (κ1) is 38.4. The van der Waals surface area contributed by atoms with Crippen LogP contribution in [0.15, 0.2) is 247 Å². The molecular weight excluding hydrogens is 825 g/mol. The number of hydrogen-bond acceptors (Lipinski definition) is 3. The highest BCUT2D eigenvalue weighted by molar-refractivity contribution is 6.09. The highest BCUT2D eigenvalue weighted by Gasteiger charge is 2.49. The average Bonchev–Trinajstić information content (AvgIpc) is 3.91. The van der Waals surface area contributed by atoms with Crippen LogP contribution in [0.3, 0.4) is 0 Å². The van der Waals surface area contributed by atoms with Crippen LogP contribution in [0, 0.1) is 0 Å². The minimum Gasteiger partial charge on any atom is -0.455 e. The summed E-state index contributed by atoms with van der Waals surface area (Å²) in [6, 6.07) is 87.7. The van der Waals surface area contributed by atoms with Crippen molar-refractivity contribution in [1.29, 1.82) is 0 Å². The van der Waals surface area contributed by atoms with Gasteiger partial charge in [0.2, 0.25) is 0 Å². The molecule has 0 fully saturated rings. The molecule has 12 aromatic rings. The van der Waals surface area contributed by atoms with Gasteiger partial charge in [-0.05, 0) is 120 Å². The maximum atomic E-state index is 6.70. The summed E-state index contributed by atoms with van der Waals surface area (Å²) in [5, 5.41) is 2.14. The van der Waals surface area contributed by atoms with Crippen molar-refractivity contribution in [2.45, 2.75) is 5.41 Å². The minimum atomic E-state index is -0.624. The van der Waals surface area contributed by atoms with E-state index in [1.807, 2.05) is 12.1 Å². The van der Waals surface area contributed by atoms with Crippen molar-refractivity contribution in [3.63, 3.8) is 0 Å². The van der Waals surface area contributed by atoms with Crippen molar-refractivity contribution < 1.29 is 4.42 Å². The Kier molecular flexibility index (Phi) is 8.50. The zero-order chi connectivity index (χ0) is 44.8. The highest BCUT2D eigenvalue weighted by Crippen LogP contribution is 2.61. The van der Waals surface area contributed by atoms with E-state index in [4.69, 9.17) is 14.4 Å². The molecule has 0 saturated carbocycles. The molecule has 10 aromatic carbocycles. The van der Waals surface area contributed by atoms with Gasteiger partial charge in [0, 0.05) is 27.5 Å². The molecule has 0 radical (unpaired) electrons. The van der Waals surface area contributed by atoms with E-state index in [9.17, 15) is 0 Å². The van der Waals surface area contributed by atoms with Crippen molar-refractivity contribution in [3.8, 4) is 89.5 Å². The SMILES string of the molecule is c1ccc(-c2cc(-c3ccccc3)cc(-c3nc(-c4ccc5c(c4)C4(c6ccccc6-c6ccccc6-c6ccccc64)c4ccccc4-5)cc(-c4cccc5c4oc4ccccc45)n3)c2)cc1. The van der Waals surface area contributed by atoms with E-state index >= 15 is 0 Å². The van der Waals surface area contributed by atoms with Crippen LogP contribution < -0.4 is 0 Å². The summed E-state index contributed by atoms with van der Waals surface area (Å²) in [6.07, 6.45) is 0. The second-order valence-corrected chi connectivity index (χ2v) is 18.0. The molecule has 0 unspecified atom stereocenters. The van der Waals surface area contributed by atoms with E-state index < -0.39 is 5.41 Å². The lowest BCUT2D eigenvalue weighted by molar-refractivity contribution is 0.670. The van der Waals surface area contributed by atoms with Crippen molar-refractivity contribution in [2.24, 2.45) is 0 Å². The Morgan fingerprint density at radius 3 is 1.38 bits per heavy atom. The molecule has 2 aromatic heterocycles. The number of para-hydroxylation sites is 2. The average molecular weight is 865 g/mol. The zero-order valence-electron chi connectivity index (χ0n) is 36.9. The van der Waals surface area contributed by atoms with Crippen LogP contribution in [-0.2, 0) is 5.41 Å². The molecule has 14 rings (SSSR count). The van der Waals surface area contributed by atoms with E-state index in [0.717, 1.165) is 72.3 Å². The Hall–Kier alpha value is -8.92. The van der Waals surface area contributed by atoms with Gasteiger partial charge >= 0.3 is 0 Å². The first-order chi connectivity index (χ1) is 33.7. The molecule has 0 N–H and O–H groups in total. The number of rotatable bonds is 5. The normalized spacial score (nSPS) is 12.8. The van der Waals surface area contributed by atoms with E-state index in [1.54, 1.807) is 0 Å². The number of aromatic nitrogens is 2. The van der Waals surface area contributed by atoms with Crippen molar-refractivity contribution in [2.75, 3.05) is 0 Å². The fourth-order valence-electron chi connectivity index (χ4n) is 11.4. The lowest BCUT2D eigenvalue weighted by Crippen LogP contribution is -2.29. The minimum absolute atomic E-state index is 0.624. The van der Waals surface area contributed by atoms with Gasteiger partial charge in [-0.3, -0.25) is 0 Å². The van der Waals surface area contributed by atoms with Gasteiger partial charge in [-0.15, -0.1) is 0 Å². The predicted molar refractivity (Wildman–Crippen MR) is 278 cm³/mol. The Balaban J connectivity index is 1.05. The quantitative estimate of drug-likeness (QED) is 0.173.